The highest BCUT2D eigenvalue weighted by Gasteiger charge is 2.16. The molecule has 0 aromatic carbocycles. The number of hydrogen-bond acceptors (Lipinski definition) is 12. The molecule has 0 radical (unpaired) electrons. The Kier molecular flexibility index (Phi) is 70.7. The third-order valence-corrected chi connectivity index (χ3v) is 18.5. The number of ether oxygens (including phenoxy) is 4. The normalized spacial score (nSPS) is 11.7. The number of esters is 4. The van der Waals surface area contributed by atoms with E-state index in [0.717, 1.165) is 103 Å². The molecule has 534 valence electrons. The van der Waals surface area contributed by atoms with Crippen LogP contribution in [0.4, 0.5) is 0 Å². The minimum Gasteiger partial charge on any atom is -0.466 e. The summed E-state index contributed by atoms with van der Waals surface area (Å²) in [4.78, 5) is 60.9. The average molecular weight is 1280 g/mol. The Bertz CT molecular complexity index is 1310. The molecule has 0 fully saturated rings. The molecule has 0 rings (SSSR count). The topological polar surface area (TPSA) is 118 Å². The van der Waals surface area contributed by atoms with Gasteiger partial charge in [0.25, 0.3) is 0 Å². The largest absolute Gasteiger partial charge is 0.466 e. The van der Waals surface area contributed by atoms with Crippen LogP contribution in [0.1, 0.15) is 374 Å². The van der Waals surface area contributed by atoms with Gasteiger partial charge in [0, 0.05) is 39.3 Å². The highest BCUT2D eigenvalue weighted by Crippen LogP contribution is 2.17. The van der Waals surface area contributed by atoms with E-state index in [9.17, 15) is 19.2 Å². The lowest BCUT2D eigenvalue weighted by Crippen LogP contribution is -2.36. The summed E-state index contributed by atoms with van der Waals surface area (Å²) in [5.41, 5.74) is 0. The Labute approximate surface area is 559 Å². The van der Waals surface area contributed by atoms with Gasteiger partial charge in [-0.1, -0.05) is 310 Å². The van der Waals surface area contributed by atoms with Gasteiger partial charge in [-0.2, -0.15) is 0 Å². The van der Waals surface area contributed by atoms with Crippen molar-refractivity contribution in [3.63, 3.8) is 0 Å². The maximum Gasteiger partial charge on any atom is 0.307 e. The van der Waals surface area contributed by atoms with Gasteiger partial charge in [0.1, 0.15) is 0 Å². The first-order chi connectivity index (χ1) is 44.1. The molecule has 0 unspecified atom stereocenters. The van der Waals surface area contributed by atoms with Crippen molar-refractivity contribution in [1.82, 2.24) is 19.6 Å². The minimum absolute atomic E-state index is 0.147. The Morgan fingerprint density at radius 1 is 0.200 bits per heavy atom. The zero-order chi connectivity index (χ0) is 65.5. The van der Waals surface area contributed by atoms with Gasteiger partial charge in [0.15, 0.2) is 0 Å². The molecule has 0 aromatic rings. The molecule has 0 atom stereocenters. The van der Waals surface area contributed by atoms with Crippen LogP contribution in [0.3, 0.4) is 0 Å². The third kappa shape index (κ3) is 68.6. The summed E-state index contributed by atoms with van der Waals surface area (Å²) in [6.07, 6.45) is 64.5. The van der Waals surface area contributed by atoms with Crippen molar-refractivity contribution in [2.45, 2.75) is 374 Å². The Hall–Kier alpha value is -2.28. The fraction of sp³-hybridized carbons (Fsp3) is 0.949. The van der Waals surface area contributed by atoms with E-state index in [-0.39, 0.29) is 23.9 Å². The van der Waals surface area contributed by atoms with Gasteiger partial charge in [-0.05, 0) is 78.8 Å². The van der Waals surface area contributed by atoms with Gasteiger partial charge in [-0.25, -0.2) is 0 Å². The number of hydrogen-bond donors (Lipinski definition) is 0. The van der Waals surface area contributed by atoms with Crippen molar-refractivity contribution >= 4 is 23.9 Å². The van der Waals surface area contributed by atoms with Crippen LogP contribution in [0.15, 0.2) is 0 Å². The first-order valence-electron chi connectivity index (χ1n) is 39.6. The second-order valence-electron chi connectivity index (χ2n) is 27.4. The van der Waals surface area contributed by atoms with Gasteiger partial charge in [0.05, 0.1) is 52.1 Å². The van der Waals surface area contributed by atoms with Crippen molar-refractivity contribution in [2.24, 2.45) is 0 Å². The van der Waals surface area contributed by atoms with Crippen LogP contribution in [0.2, 0.25) is 0 Å². The van der Waals surface area contributed by atoms with E-state index in [1.165, 1.54) is 257 Å². The predicted octanol–water partition coefficient (Wildman–Crippen LogP) is 20.8. The molecule has 0 aromatic heterocycles. The van der Waals surface area contributed by atoms with Crippen molar-refractivity contribution in [3.05, 3.63) is 0 Å². The molecule has 0 spiro atoms. The standard InChI is InChI=1S/C78H154N4O8/c1-7-11-15-19-23-27-31-35-39-43-47-51-71-87-75(83)57-65-81(66-58-76(84)88-72-52-48-44-40-36-32-28-24-20-16-12-8-2)63-55-61-79(5)69-70-80(6)62-56-64-82(67-59-77(85)89-73-53-49-45-41-37-33-29-25-21-17-13-9-3)68-60-78(86)90-74-54-50-46-42-38-34-30-26-22-18-14-10-4/h7-74H2,1-6H3. The molecule has 0 saturated carbocycles. The smallest absolute Gasteiger partial charge is 0.307 e. The second kappa shape index (κ2) is 72.5. The lowest BCUT2D eigenvalue weighted by atomic mass is 10.1. The van der Waals surface area contributed by atoms with E-state index >= 15 is 0 Å². The molecular weight excluding hydrogens is 1120 g/mol. The summed E-state index contributed by atoms with van der Waals surface area (Å²) in [6, 6.07) is 0. The summed E-state index contributed by atoms with van der Waals surface area (Å²) in [5.74, 6) is -0.588. The molecule has 12 heteroatoms. The van der Waals surface area contributed by atoms with E-state index < -0.39 is 0 Å². The average Bonchev–Trinajstić information content (AvgIpc) is 3.72. The molecule has 0 aliphatic rings. The monoisotopic (exact) mass is 1280 g/mol. The number of likely N-dealkylation sites (N-methyl/N-ethyl adjacent to an activating group) is 2. The molecule has 0 bridgehead atoms. The highest BCUT2D eigenvalue weighted by molar-refractivity contribution is 5.71. The van der Waals surface area contributed by atoms with E-state index in [0.29, 0.717) is 78.3 Å². The van der Waals surface area contributed by atoms with Gasteiger partial charge >= 0.3 is 23.9 Å². The van der Waals surface area contributed by atoms with Gasteiger partial charge in [0.2, 0.25) is 0 Å². The molecule has 90 heavy (non-hydrogen) atoms. The summed E-state index contributed by atoms with van der Waals surface area (Å²) >= 11 is 0. The summed E-state index contributed by atoms with van der Waals surface area (Å²) in [7, 11) is 4.35. The van der Waals surface area contributed by atoms with Crippen molar-refractivity contribution in [3.8, 4) is 0 Å². The van der Waals surface area contributed by atoms with Crippen molar-refractivity contribution in [1.29, 1.82) is 0 Å². The van der Waals surface area contributed by atoms with Crippen LogP contribution in [-0.2, 0) is 38.1 Å². The summed E-state index contributed by atoms with van der Waals surface area (Å²) < 4.78 is 22.8. The highest BCUT2D eigenvalue weighted by atomic mass is 16.5. The van der Waals surface area contributed by atoms with Gasteiger partial charge < -0.3 is 38.5 Å². The molecule has 12 nitrogen and oxygen atoms in total. The number of rotatable bonds is 75. The fourth-order valence-corrected chi connectivity index (χ4v) is 12.2. The van der Waals surface area contributed by atoms with Gasteiger partial charge in [-0.3, -0.25) is 19.2 Å². The lowest BCUT2D eigenvalue weighted by molar-refractivity contribution is -0.146. The second-order valence-corrected chi connectivity index (χ2v) is 27.4. The maximum absolute atomic E-state index is 12.9. The zero-order valence-electron chi connectivity index (χ0n) is 61.1. The van der Waals surface area contributed by atoms with Crippen LogP contribution < -0.4 is 0 Å². The van der Waals surface area contributed by atoms with E-state index in [2.05, 4.69) is 61.4 Å². The molecule has 0 amide bonds. The van der Waals surface area contributed by atoms with Crippen LogP contribution in [0.5, 0.6) is 0 Å². The molecule has 0 heterocycles. The zero-order valence-corrected chi connectivity index (χ0v) is 61.1. The third-order valence-electron chi connectivity index (χ3n) is 18.5. The van der Waals surface area contributed by atoms with Crippen molar-refractivity contribution in [2.75, 3.05) is 106 Å². The molecule has 0 N–H and O–H groups in total. The first-order valence-corrected chi connectivity index (χ1v) is 39.6. The number of carbonyl (C=O) groups excluding carboxylic acids is 4. The molecule has 0 saturated heterocycles. The number of unbranched alkanes of at least 4 members (excludes halogenated alkanes) is 44. The van der Waals surface area contributed by atoms with Crippen molar-refractivity contribution < 1.29 is 38.1 Å². The Balaban J connectivity index is 5.02. The number of nitrogens with zero attached hydrogens (tertiary/aromatic N) is 4. The maximum atomic E-state index is 12.9. The van der Waals surface area contributed by atoms with Crippen LogP contribution in [0, 0.1) is 0 Å². The molecule has 0 aliphatic heterocycles. The van der Waals surface area contributed by atoms with Crippen LogP contribution >= 0.6 is 0 Å². The first kappa shape index (κ1) is 87.7. The summed E-state index contributed by atoms with van der Waals surface area (Å²) in [5, 5.41) is 0. The van der Waals surface area contributed by atoms with Crippen LogP contribution in [0.25, 0.3) is 0 Å². The van der Waals surface area contributed by atoms with Gasteiger partial charge in [-0.15, -0.1) is 0 Å². The number of carbonyl (C=O) groups is 4. The summed E-state index contributed by atoms with van der Waals surface area (Å²) in [6.45, 7) is 18.6. The quantitative estimate of drug-likeness (QED) is 0.0328. The van der Waals surface area contributed by atoms with Crippen LogP contribution in [-0.4, -0.2) is 149 Å². The fourth-order valence-electron chi connectivity index (χ4n) is 12.2. The Morgan fingerprint density at radius 3 is 0.544 bits per heavy atom. The minimum atomic E-state index is -0.147. The SMILES string of the molecule is CCCCCCCCCCCCCCOC(=O)CCN(CCCN(C)CCN(C)CCCN(CCC(=O)OCCCCCCCCCCCCCC)CCC(=O)OCCCCCCCCCCCCCC)CCC(=O)OCCCCCCCCCCCCCC. The Morgan fingerprint density at radius 2 is 0.367 bits per heavy atom. The van der Waals surface area contributed by atoms with E-state index in [4.69, 9.17) is 18.9 Å². The molecular formula is C78H154N4O8. The van der Waals surface area contributed by atoms with E-state index in [1.807, 2.05) is 0 Å². The molecule has 0 aliphatic carbocycles. The predicted molar refractivity (Wildman–Crippen MR) is 384 cm³/mol. The lowest BCUT2D eigenvalue weighted by Gasteiger charge is -2.26. The van der Waals surface area contributed by atoms with E-state index in [1.54, 1.807) is 0 Å².